The molecule has 0 radical (unpaired) electrons. The molecule has 1 aromatic heterocycles. The maximum absolute atomic E-state index is 5.19. The molecule has 0 saturated carbocycles. The molecule has 14 heavy (non-hydrogen) atoms. The largest absolute Gasteiger partial charge is 0.480 e. The first kappa shape index (κ1) is 11.5. The third-order valence-corrected chi connectivity index (χ3v) is 2.72. The fourth-order valence-electron chi connectivity index (χ4n) is 1.25. The molecule has 1 aromatic rings. The van der Waals surface area contributed by atoms with Gasteiger partial charge in [-0.2, -0.15) is 5.10 Å². The van der Waals surface area contributed by atoms with E-state index in [1.165, 1.54) is 0 Å². The Morgan fingerprint density at radius 3 is 2.79 bits per heavy atom. The summed E-state index contributed by atoms with van der Waals surface area (Å²) in [7, 11) is 3.51. The molecule has 0 aliphatic rings. The molecule has 0 bridgehead atoms. The normalized spacial score (nSPS) is 10.6. The number of hydrogen-bond acceptors (Lipinski definition) is 3. The van der Waals surface area contributed by atoms with Gasteiger partial charge in [-0.25, -0.2) is 4.68 Å². The fourth-order valence-corrected chi connectivity index (χ4v) is 1.89. The molecule has 0 aliphatic heterocycles. The highest BCUT2D eigenvalue weighted by Crippen LogP contribution is 2.27. The van der Waals surface area contributed by atoms with Crippen LogP contribution in [0.25, 0.3) is 0 Å². The summed E-state index contributed by atoms with van der Waals surface area (Å²) in [6.45, 7) is 3.91. The Bertz CT molecular complexity index is 298. The van der Waals surface area contributed by atoms with Gasteiger partial charge in [0.05, 0.1) is 12.8 Å². The molecule has 0 fully saturated rings. The van der Waals surface area contributed by atoms with Crippen LogP contribution in [-0.2, 0) is 13.6 Å². The number of nitrogens with one attached hydrogen (secondary N) is 1. The lowest BCUT2D eigenvalue weighted by Gasteiger charge is -1.99. The zero-order valence-corrected chi connectivity index (χ0v) is 10.4. The molecule has 1 rings (SSSR count). The average Bonchev–Trinajstić information content (AvgIpc) is 2.42. The second kappa shape index (κ2) is 5.36. The molecule has 0 spiro atoms. The zero-order valence-electron chi connectivity index (χ0n) is 8.80. The van der Waals surface area contributed by atoms with Crippen LogP contribution in [0.3, 0.4) is 0 Å². The van der Waals surface area contributed by atoms with Gasteiger partial charge in [0.2, 0.25) is 5.88 Å². The van der Waals surface area contributed by atoms with E-state index < -0.39 is 0 Å². The van der Waals surface area contributed by atoms with Crippen molar-refractivity contribution < 1.29 is 4.74 Å². The summed E-state index contributed by atoms with van der Waals surface area (Å²) in [6.07, 6.45) is 1.13. The summed E-state index contributed by atoms with van der Waals surface area (Å²) in [5.74, 6) is 0.762. The summed E-state index contributed by atoms with van der Waals surface area (Å²) >= 11 is 3.47. The van der Waals surface area contributed by atoms with Crippen molar-refractivity contribution in [2.75, 3.05) is 13.7 Å². The van der Waals surface area contributed by atoms with E-state index in [0.717, 1.165) is 35.6 Å². The van der Waals surface area contributed by atoms with Gasteiger partial charge in [0, 0.05) is 13.6 Å². The molecule has 0 aromatic carbocycles. The van der Waals surface area contributed by atoms with Crippen molar-refractivity contribution in [2.24, 2.45) is 7.05 Å². The van der Waals surface area contributed by atoms with Gasteiger partial charge in [-0.3, -0.25) is 0 Å². The van der Waals surface area contributed by atoms with Gasteiger partial charge in [-0.05, 0) is 28.9 Å². The van der Waals surface area contributed by atoms with Crippen LogP contribution in [0.2, 0.25) is 0 Å². The van der Waals surface area contributed by atoms with Gasteiger partial charge < -0.3 is 10.1 Å². The molecule has 1 N–H and O–H groups in total. The van der Waals surface area contributed by atoms with Crippen LogP contribution >= 0.6 is 15.9 Å². The van der Waals surface area contributed by atoms with Crippen LogP contribution < -0.4 is 10.1 Å². The Morgan fingerprint density at radius 2 is 2.29 bits per heavy atom. The van der Waals surface area contributed by atoms with Gasteiger partial charge in [0.25, 0.3) is 0 Å². The van der Waals surface area contributed by atoms with Crippen LogP contribution in [0.1, 0.15) is 19.0 Å². The zero-order chi connectivity index (χ0) is 10.6. The molecule has 0 amide bonds. The van der Waals surface area contributed by atoms with Crippen LogP contribution in [-0.4, -0.2) is 23.4 Å². The molecular weight excluding hydrogens is 246 g/mol. The van der Waals surface area contributed by atoms with E-state index in [-0.39, 0.29) is 0 Å². The van der Waals surface area contributed by atoms with E-state index in [1.807, 2.05) is 7.05 Å². The van der Waals surface area contributed by atoms with Crippen molar-refractivity contribution in [1.82, 2.24) is 15.1 Å². The predicted molar refractivity (Wildman–Crippen MR) is 59.5 cm³/mol. The third kappa shape index (κ3) is 2.48. The Morgan fingerprint density at radius 1 is 1.57 bits per heavy atom. The SMILES string of the molecule is CCCNCc1nn(C)c(OC)c1Br. The lowest BCUT2D eigenvalue weighted by Crippen LogP contribution is -2.14. The molecule has 4 nitrogen and oxygen atoms in total. The molecular formula is C9H16BrN3O. The highest BCUT2D eigenvalue weighted by Gasteiger charge is 2.13. The van der Waals surface area contributed by atoms with E-state index in [1.54, 1.807) is 11.8 Å². The number of ether oxygens (including phenoxy) is 1. The van der Waals surface area contributed by atoms with Crippen LogP contribution in [0.15, 0.2) is 4.47 Å². The Balaban J connectivity index is 2.68. The molecule has 0 saturated heterocycles. The molecule has 1 heterocycles. The number of rotatable bonds is 5. The van der Waals surface area contributed by atoms with Crippen molar-refractivity contribution in [2.45, 2.75) is 19.9 Å². The van der Waals surface area contributed by atoms with E-state index in [9.17, 15) is 0 Å². The number of hydrogen-bond donors (Lipinski definition) is 1. The molecule has 0 unspecified atom stereocenters. The van der Waals surface area contributed by atoms with Crippen molar-refractivity contribution in [3.05, 3.63) is 10.2 Å². The summed E-state index contributed by atoms with van der Waals surface area (Å²) in [5.41, 5.74) is 0.984. The molecule has 0 atom stereocenters. The number of nitrogens with zero attached hydrogens (tertiary/aromatic N) is 2. The molecule has 5 heteroatoms. The molecule has 80 valence electrons. The number of aromatic nitrogens is 2. The number of methoxy groups -OCH3 is 1. The number of halogens is 1. The van der Waals surface area contributed by atoms with Crippen LogP contribution in [0.5, 0.6) is 5.88 Å². The maximum atomic E-state index is 5.19. The molecule has 0 aliphatic carbocycles. The van der Waals surface area contributed by atoms with Crippen molar-refractivity contribution in [3.63, 3.8) is 0 Å². The Kier molecular flexibility index (Phi) is 4.41. The lowest BCUT2D eigenvalue weighted by atomic mass is 10.4. The van der Waals surface area contributed by atoms with Crippen LogP contribution in [0, 0.1) is 0 Å². The van der Waals surface area contributed by atoms with Crippen molar-refractivity contribution in [1.29, 1.82) is 0 Å². The highest BCUT2D eigenvalue weighted by molar-refractivity contribution is 9.10. The summed E-state index contributed by atoms with van der Waals surface area (Å²) in [5, 5.41) is 7.63. The van der Waals surface area contributed by atoms with Gasteiger partial charge in [-0.15, -0.1) is 0 Å². The van der Waals surface area contributed by atoms with Crippen LogP contribution in [0.4, 0.5) is 0 Å². The van der Waals surface area contributed by atoms with Gasteiger partial charge in [0.15, 0.2) is 0 Å². The Labute approximate surface area is 92.8 Å². The lowest BCUT2D eigenvalue weighted by molar-refractivity contribution is 0.371. The smallest absolute Gasteiger partial charge is 0.226 e. The van der Waals surface area contributed by atoms with E-state index in [0.29, 0.717) is 0 Å². The minimum Gasteiger partial charge on any atom is -0.480 e. The fraction of sp³-hybridized carbons (Fsp3) is 0.667. The number of aryl methyl sites for hydroxylation is 1. The topological polar surface area (TPSA) is 39.1 Å². The summed E-state index contributed by atoms with van der Waals surface area (Å²) in [6, 6.07) is 0. The second-order valence-electron chi connectivity index (χ2n) is 3.07. The summed E-state index contributed by atoms with van der Waals surface area (Å²) < 4.78 is 7.85. The minimum absolute atomic E-state index is 0.762. The third-order valence-electron chi connectivity index (χ3n) is 1.92. The van der Waals surface area contributed by atoms with Crippen molar-refractivity contribution in [3.8, 4) is 5.88 Å². The standard InChI is InChI=1S/C9H16BrN3O/c1-4-5-11-6-7-8(10)9(14-3)13(2)12-7/h11H,4-6H2,1-3H3. The van der Waals surface area contributed by atoms with E-state index in [4.69, 9.17) is 4.74 Å². The Hall–Kier alpha value is -0.550. The van der Waals surface area contributed by atoms with Gasteiger partial charge in [-0.1, -0.05) is 6.92 Å². The van der Waals surface area contributed by atoms with E-state index in [2.05, 4.69) is 33.3 Å². The maximum Gasteiger partial charge on any atom is 0.226 e. The van der Waals surface area contributed by atoms with Gasteiger partial charge in [0.1, 0.15) is 4.47 Å². The summed E-state index contributed by atoms with van der Waals surface area (Å²) in [4.78, 5) is 0. The minimum atomic E-state index is 0.762. The first-order chi connectivity index (χ1) is 6.70. The first-order valence-electron chi connectivity index (χ1n) is 4.66. The van der Waals surface area contributed by atoms with Gasteiger partial charge >= 0.3 is 0 Å². The average molecular weight is 262 g/mol. The first-order valence-corrected chi connectivity index (χ1v) is 5.46. The van der Waals surface area contributed by atoms with Crippen molar-refractivity contribution >= 4 is 15.9 Å². The predicted octanol–water partition coefficient (Wildman–Crippen LogP) is 1.69. The highest BCUT2D eigenvalue weighted by atomic mass is 79.9. The quantitative estimate of drug-likeness (QED) is 0.821. The van der Waals surface area contributed by atoms with E-state index >= 15 is 0 Å². The second-order valence-corrected chi connectivity index (χ2v) is 3.86. The monoisotopic (exact) mass is 261 g/mol.